The van der Waals surface area contributed by atoms with Gasteiger partial charge in [0.1, 0.15) is 6.20 Å². The fourth-order valence-electron chi connectivity index (χ4n) is 21.4. The Morgan fingerprint density at radius 2 is 0.954 bits per heavy atom. The summed E-state index contributed by atoms with van der Waals surface area (Å²) in [6.07, 6.45) is 40.6. The average Bonchev–Trinajstić information content (AvgIpc) is 1.16. The van der Waals surface area contributed by atoms with Crippen LogP contribution in [0.15, 0.2) is 310 Å². The molecule has 16 aromatic rings. The molecule has 9 aliphatic rings. The Morgan fingerprint density at radius 1 is 0.400 bits per heavy atom. The molecule has 0 spiro atoms. The summed E-state index contributed by atoms with van der Waals surface area (Å²) in [5.41, 5.74) is 43.4. The first-order valence-corrected chi connectivity index (χ1v) is 47.1. The molecule has 7 aromatic heterocycles. The van der Waals surface area contributed by atoms with E-state index in [1.807, 2.05) is 157 Å². The van der Waals surface area contributed by atoms with Crippen LogP contribution in [0.1, 0.15) is 192 Å². The van der Waals surface area contributed by atoms with Gasteiger partial charge in [-0.1, -0.05) is 137 Å². The third-order valence-electron chi connectivity index (χ3n) is 28.5. The van der Waals surface area contributed by atoms with Crippen LogP contribution in [0, 0.1) is 53.8 Å². The maximum Gasteiger partial charge on any atom is 0.213 e. The van der Waals surface area contributed by atoms with Crippen molar-refractivity contribution in [3.63, 3.8) is 0 Å². The maximum absolute atomic E-state index is 4.75. The van der Waals surface area contributed by atoms with Crippen molar-refractivity contribution in [3.05, 3.63) is 441 Å². The van der Waals surface area contributed by atoms with Gasteiger partial charge < -0.3 is 24.5 Å². The summed E-state index contributed by atoms with van der Waals surface area (Å²) in [5, 5.41) is 0. The molecule has 0 saturated heterocycles. The van der Waals surface area contributed by atoms with Crippen LogP contribution in [-0.4, -0.2) is 19.9 Å². The molecular formula is C121H112Ir2N7-3. The predicted molar refractivity (Wildman–Crippen MR) is 516 cm³/mol. The molecule has 2 aliphatic heterocycles. The molecule has 2 radical (unpaired) electrons. The van der Waals surface area contributed by atoms with Crippen LogP contribution >= 0.6 is 0 Å². The van der Waals surface area contributed by atoms with Gasteiger partial charge in [-0.25, -0.2) is 0 Å². The van der Waals surface area contributed by atoms with Gasteiger partial charge in [-0.2, -0.15) is 32.9 Å². The zero-order chi connectivity index (χ0) is 86.3. The molecule has 0 amide bonds. The Morgan fingerprint density at radius 3 is 1.55 bits per heavy atom. The second-order valence-corrected chi connectivity index (χ2v) is 37.7. The summed E-state index contributed by atoms with van der Waals surface area (Å²) in [7, 11) is 0. The summed E-state index contributed by atoms with van der Waals surface area (Å²) >= 11 is 0. The molecule has 4 unspecified atom stereocenters. The molecule has 4 atom stereocenters. The Bertz CT molecular complexity index is 6530. The van der Waals surface area contributed by atoms with Crippen molar-refractivity contribution in [2.24, 2.45) is 17.3 Å². The van der Waals surface area contributed by atoms with Gasteiger partial charge in [0.25, 0.3) is 0 Å². The molecule has 9 heterocycles. The number of hydrogen-bond donors (Lipinski definition) is 0. The van der Waals surface area contributed by atoms with Gasteiger partial charge in [0, 0.05) is 105 Å². The Kier molecular flexibility index (Phi) is 27.9. The summed E-state index contributed by atoms with van der Waals surface area (Å²) in [6.45, 7) is 11.6. The summed E-state index contributed by atoms with van der Waals surface area (Å²) in [6, 6.07) is 112. The van der Waals surface area contributed by atoms with Crippen molar-refractivity contribution in [3.8, 4) is 84.4 Å². The molecule has 9 heteroatoms. The van der Waals surface area contributed by atoms with Crippen molar-refractivity contribution in [1.29, 1.82) is 0 Å². The summed E-state index contributed by atoms with van der Waals surface area (Å²) < 4.78 is 7.07. The predicted octanol–water partition coefficient (Wildman–Crippen LogP) is 25.4. The molecule has 7 nitrogen and oxygen atoms in total. The van der Waals surface area contributed by atoms with Gasteiger partial charge in [-0.05, 0) is 289 Å². The third kappa shape index (κ3) is 20.1. The van der Waals surface area contributed by atoms with Gasteiger partial charge in [0.15, 0.2) is 25.5 Å². The van der Waals surface area contributed by atoms with Crippen LogP contribution in [0.3, 0.4) is 0 Å². The molecule has 2 fully saturated rings. The molecule has 652 valence electrons. The van der Waals surface area contributed by atoms with E-state index in [4.69, 9.17) is 9.97 Å². The van der Waals surface area contributed by atoms with Crippen LogP contribution in [0.25, 0.3) is 84.4 Å². The monoisotopic (exact) mass is 2050 g/mol. The smallest absolute Gasteiger partial charge is 0.213 e. The molecule has 7 aliphatic carbocycles. The molecule has 9 aromatic carbocycles. The van der Waals surface area contributed by atoms with Crippen LogP contribution in [0.2, 0.25) is 0 Å². The number of pyridine rings is 7. The molecular weight excluding hydrogens is 1940 g/mol. The molecule has 2 saturated carbocycles. The first kappa shape index (κ1) is 88.9. The van der Waals surface area contributed by atoms with E-state index in [2.05, 4.69) is 235 Å². The molecule has 0 N–H and O–H groups in total. The van der Waals surface area contributed by atoms with Gasteiger partial charge in [-0.15, -0.1) is 155 Å². The molecule has 130 heavy (non-hydrogen) atoms. The van der Waals surface area contributed by atoms with Crippen molar-refractivity contribution in [1.82, 2.24) is 19.9 Å². The van der Waals surface area contributed by atoms with E-state index >= 15 is 0 Å². The van der Waals surface area contributed by atoms with E-state index in [0.29, 0.717) is 11.3 Å². The second kappa shape index (κ2) is 40.8. The first-order valence-electron chi connectivity index (χ1n) is 47.1. The second-order valence-electron chi connectivity index (χ2n) is 37.7. The molecule has 25 rings (SSSR count). The quantitative estimate of drug-likeness (QED) is 0.0673. The van der Waals surface area contributed by atoms with Crippen LogP contribution in [-0.2, 0) is 130 Å². The van der Waals surface area contributed by atoms with Crippen LogP contribution in [0.4, 0.5) is 0 Å². The Hall–Kier alpha value is -11.7. The maximum atomic E-state index is 4.75. The number of fused-ring (bicyclic) bond motifs is 13. The van der Waals surface area contributed by atoms with Gasteiger partial charge >= 0.3 is 0 Å². The minimum Gasteiger partial charge on any atom is -0.307 e. The van der Waals surface area contributed by atoms with Crippen LogP contribution < -0.4 is 13.7 Å². The Labute approximate surface area is 797 Å². The number of aromatic nitrogens is 7. The standard InChI is InChI=1S/C45H36N3.C23H26N.C21H22N.C17H12N.C15H16N.2Ir/c1-4-12-40(13-5-1)44-27-22-37(33-46-44)20-25-39-24-19-36(18-17-35-11-10-16-43(32-35)48-29-8-3-9-30-48)31-42(39)26-21-38-23-28-45(47-34-38)41-14-6-2-7-15-41;1-23(2)18-8-16-10-22-19-9-15-6-4-3-5-14(15)7-17(19)12-24(22)13-20(16)21(23)11-18;1-2-4-14-9-19-17(7-13(14)3-1)11-22-12-20-16-6-5-15(8-16)18(20)10-21(19)22;1-2-7-14(8-3-1)15-9-6-10-16(13-15)17-11-4-5-12-18-17;1-12(2)11-14-9-6-10-15(16-14)13-7-4-3-5-8-13;;/h1-12,14,19,22-24,27-29,31-34H,17-18,20-21,25-26H2;7,9-10,13,18,21H,3-6,8,11-12H2,1-2H3;7,9-10,12,15-16H,1-6,8,11H2;1-9,11-13H;3-7,9-10,12H,11H2,1-2H3;;/q-3;2*+1;2*-1;;. The van der Waals surface area contributed by atoms with Gasteiger partial charge in [-0.3, -0.25) is 0 Å². The minimum absolute atomic E-state index is 0. The van der Waals surface area contributed by atoms with Crippen molar-refractivity contribution in [2.45, 2.75) is 187 Å². The Balaban J connectivity index is 0.000000117. The minimum atomic E-state index is 0. The number of hydrogen-bond acceptors (Lipinski definition) is 4. The molecule has 4 bridgehead atoms. The topological polar surface area (TPSA) is 63.2 Å². The number of nitrogens with zero attached hydrogens (tertiary/aromatic N) is 7. The normalized spacial score (nSPS) is 16.4. The van der Waals surface area contributed by atoms with E-state index in [9.17, 15) is 0 Å². The average molecular weight is 2050 g/mol. The third-order valence-corrected chi connectivity index (χ3v) is 28.5. The van der Waals surface area contributed by atoms with E-state index in [1.165, 1.54) is 150 Å². The summed E-state index contributed by atoms with van der Waals surface area (Å²) in [5.74, 6) is 4.08. The zero-order valence-electron chi connectivity index (χ0n) is 75.2. The fourth-order valence-corrected chi connectivity index (χ4v) is 21.4. The number of benzene rings is 9. The number of aryl methyl sites for hydroxylation is 10. The fraction of sp³-hybridized carbons (Fsp3) is 0.264. The van der Waals surface area contributed by atoms with Crippen molar-refractivity contribution >= 4 is 0 Å². The zero-order valence-corrected chi connectivity index (χ0v) is 80.0. The van der Waals surface area contributed by atoms with Gasteiger partial charge in [0.2, 0.25) is 11.4 Å². The first-order chi connectivity index (χ1) is 62.9. The van der Waals surface area contributed by atoms with Crippen molar-refractivity contribution < 1.29 is 53.9 Å². The SMILES string of the molecule is CC(C)Cc1cccc(-c2[c-]cccc2)n1.CC1(C)C2Cc3cc4[n+](cc3C1C2)Cc1cc2c(cc1-4)CCCC2.[Ir].[Ir].[c-]1ccc(-c2ccccc2)cc1-c1ccccn1.[c-]1ccccc1-c1ccc(CCc2ccc(CCc3cc[c-]c(-[n+]4[c-]cccc4)c3)cc2CCc2ccc(-c3[c-]cccc3)nc2)cn1.c1c2c(cc3c1C[n+]1cc4c(cc1-3)C1CCC4C1)CCCC2. The summed E-state index contributed by atoms with van der Waals surface area (Å²) in [4.78, 5) is 18.5. The largest absolute Gasteiger partial charge is 0.307 e. The van der Waals surface area contributed by atoms with Crippen LogP contribution in [0.5, 0.6) is 0 Å². The van der Waals surface area contributed by atoms with E-state index in [-0.39, 0.29) is 40.2 Å². The van der Waals surface area contributed by atoms with Crippen molar-refractivity contribution in [2.75, 3.05) is 0 Å². The number of rotatable bonds is 17. The van der Waals surface area contributed by atoms with E-state index in [0.717, 1.165) is 138 Å². The van der Waals surface area contributed by atoms with Gasteiger partial charge in [0.05, 0.1) is 17.3 Å². The van der Waals surface area contributed by atoms with E-state index < -0.39 is 0 Å². The van der Waals surface area contributed by atoms with E-state index in [1.54, 1.807) is 61.8 Å².